The number of aromatic nitrogens is 5. The second-order valence-corrected chi connectivity index (χ2v) is 8.35. The Morgan fingerprint density at radius 3 is 2.62 bits per heavy atom. The average Bonchev–Trinajstić information content (AvgIpc) is 3.30. The highest BCUT2D eigenvalue weighted by molar-refractivity contribution is 6.33. The summed E-state index contributed by atoms with van der Waals surface area (Å²) in [6.45, 7) is 0.663. The van der Waals surface area contributed by atoms with Crippen molar-refractivity contribution in [2.24, 2.45) is 0 Å². The van der Waals surface area contributed by atoms with Gasteiger partial charge in [0.25, 0.3) is 5.56 Å². The highest BCUT2D eigenvalue weighted by Gasteiger charge is 2.39. The number of carbonyl (C=O) groups is 1. The Labute approximate surface area is 187 Å². The van der Waals surface area contributed by atoms with E-state index in [4.69, 9.17) is 22.4 Å². The van der Waals surface area contributed by atoms with Crippen LogP contribution in [0.4, 0.5) is 11.8 Å². The quantitative estimate of drug-likeness (QED) is 0.513. The lowest BCUT2D eigenvalue weighted by molar-refractivity contribution is 0.0994. The molecule has 32 heavy (non-hydrogen) atoms. The molecule has 1 fully saturated rings. The van der Waals surface area contributed by atoms with Gasteiger partial charge in [-0.2, -0.15) is 10.1 Å². The highest BCUT2D eigenvalue weighted by atomic mass is 35.5. The van der Waals surface area contributed by atoms with Gasteiger partial charge in [0, 0.05) is 19.2 Å². The molecular formula is C22H18ClN7O2. The third-order valence-electron chi connectivity index (χ3n) is 6.12. The second kappa shape index (κ2) is 6.89. The normalized spacial score (nSPS) is 17.6. The molecule has 10 heteroatoms. The zero-order chi connectivity index (χ0) is 22.0. The smallest absolute Gasteiger partial charge is 0.284 e. The van der Waals surface area contributed by atoms with Gasteiger partial charge >= 0.3 is 0 Å². The van der Waals surface area contributed by atoms with Crippen molar-refractivity contribution in [3.8, 4) is 5.69 Å². The van der Waals surface area contributed by atoms with Gasteiger partial charge in [-0.3, -0.25) is 14.2 Å². The van der Waals surface area contributed by atoms with E-state index >= 15 is 0 Å². The zero-order valence-corrected chi connectivity index (χ0v) is 17.7. The van der Waals surface area contributed by atoms with Gasteiger partial charge < -0.3 is 10.6 Å². The SMILES string of the molecule is Nc1nc2c(c(N3CC[C@H]3c3nn4ccc(Cl)c4c(=O)n3-c3ccccc3)n1)C(=O)CC2. The molecule has 0 bridgehead atoms. The van der Waals surface area contributed by atoms with Crippen LogP contribution in [0.2, 0.25) is 5.02 Å². The van der Waals surface area contributed by atoms with Gasteiger partial charge in [-0.1, -0.05) is 29.8 Å². The van der Waals surface area contributed by atoms with Gasteiger partial charge in [-0.05, 0) is 31.0 Å². The number of anilines is 2. The maximum atomic E-state index is 13.5. The molecule has 4 heterocycles. The molecule has 0 spiro atoms. The number of para-hydroxylation sites is 1. The summed E-state index contributed by atoms with van der Waals surface area (Å²) in [6.07, 6.45) is 3.38. The van der Waals surface area contributed by atoms with Crippen LogP contribution in [0.1, 0.15) is 40.8 Å². The van der Waals surface area contributed by atoms with Crippen molar-refractivity contribution in [3.05, 3.63) is 75.1 Å². The Balaban J connectivity index is 1.56. The Kier molecular flexibility index (Phi) is 4.09. The molecule has 4 aromatic rings. The van der Waals surface area contributed by atoms with Crippen molar-refractivity contribution in [1.82, 2.24) is 24.1 Å². The maximum Gasteiger partial charge on any atom is 0.284 e. The van der Waals surface area contributed by atoms with Crippen LogP contribution < -0.4 is 16.2 Å². The highest BCUT2D eigenvalue weighted by Crippen LogP contribution is 2.40. The molecule has 1 aliphatic heterocycles. The van der Waals surface area contributed by atoms with Gasteiger partial charge in [-0.25, -0.2) is 9.50 Å². The van der Waals surface area contributed by atoms with Crippen molar-refractivity contribution < 1.29 is 4.79 Å². The van der Waals surface area contributed by atoms with E-state index < -0.39 is 0 Å². The molecule has 0 unspecified atom stereocenters. The van der Waals surface area contributed by atoms with Crippen molar-refractivity contribution in [3.63, 3.8) is 0 Å². The number of Topliss-reactive ketones (excluding diaryl/α,β-unsaturated/α-hetero) is 1. The number of halogens is 1. The summed E-state index contributed by atoms with van der Waals surface area (Å²) in [4.78, 5) is 36.7. The summed E-state index contributed by atoms with van der Waals surface area (Å²) >= 11 is 6.29. The third kappa shape index (κ3) is 2.67. The van der Waals surface area contributed by atoms with E-state index in [0.717, 1.165) is 6.42 Å². The minimum absolute atomic E-state index is 0.0155. The number of carbonyl (C=O) groups excluding carboxylic acids is 1. The van der Waals surface area contributed by atoms with Crippen LogP contribution in [0.15, 0.2) is 47.4 Å². The van der Waals surface area contributed by atoms with Crippen LogP contribution in [-0.4, -0.2) is 36.5 Å². The number of nitrogens with zero attached hydrogens (tertiary/aromatic N) is 6. The summed E-state index contributed by atoms with van der Waals surface area (Å²) in [5.41, 5.74) is 7.91. The van der Waals surface area contributed by atoms with Crippen LogP contribution >= 0.6 is 11.6 Å². The number of aryl methyl sites for hydroxylation is 1. The van der Waals surface area contributed by atoms with E-state index in [0.29, 0.717) is 58.5 Å². The fraction of sp³-hybridized carbons (Fsp3) is 0.227. The molecule has 2 aliphatic rings. The van der Waals surface area contributed by atoms with Gasteiger partial charge in [0.2, 0.25) is 5.95 Å². The fourth-order valence-electron chi connectivity index (χ4n) is 4.54. The molecule has 2 N–H and O–H groups in total. The molecular weight excluding hydrogens is 430 g/mol. The van der Waals surface area contributed by atoms with Crippen LogP contribution in [-0.2, 0) is 6.42 Å². The standard InChI is InChI=1S/C22H18ClN7O2/c23-13-8-11-29-18(13)21(32)30(12-4-2-1-3-5-12)19(27-29)15-9-10-28(15)20-17-14(6-7-16(17)31)25-22(24)26-20/h1-5,8,11,15H,6-7,9-10H2,(H2,24,25,26)/t15-/m0/s1. The van der Waals surface area contributed by atoms with Gasteiger partial charge in [-0.15, -0.1) is 0 Å². The first kappa shape index (κ1) is 19.0. The second-order valence-electron chi connectivity index (χ2n) is 7.94. The first-order chi connectivity index (χ1) is 15.5. The van der Waals surface area contributed by atoms with E-state index in [1.165, 1.54) is 4.52 Å². The molecule has 0 amide bonds. The number of nitrogens with two attached hydrogens (primary N) is 1. The maximum absolute atomic E-state index is 13.5. The molecule has 1 saturated heterocycles. The first-order valence-electron chi connectivity index (χ1n) is 10.3. The Hall–Kier alpha value is -3.72. The predicted molar refractivity (Wildman–Crippen MR) is 120 cm³/mol. The molecule has 0 radical (unpaired) electrons. The van der Waals surface area contributed by atoms with Crippen LogP contribution in [0.25, 0.3) is 11.2 Å². The van der Waals surface area contributed by atoms with Gasteiger partial charge in [0.05, 0.1) is 28.0 Å². The van der Waals surface area contributed by atoms with Gasteiger partial charge in [0.1, 0.15) is 11.3 Å². The minimum Gasteiger partial charge on any atom is -0.368 e. The van der Waals surface area contributed by atoms with Crippen LogP contribution in [0.3, 0.4) is 0 Å². The lowest BCUT2D eigenvalue weighted by Crippen LogP contribution is -2.46. The van der Waals surface area contributed by atoms with Crippen LogP contribution in [0.5, 0.6) is 0 Å². The number of nitrogen functional groups attached to an aromatic ring is 1. The Bertz CT molecular complexity index is 1460. The molecule has 0 saturated carbocycles. The monoisotopic (exact) mass is 447 g/mol. The number of hydrogen-bond donors (Lipinski definition) is 1. The van der Waals surface area contributed by atoms with E-state index in [1.54, 1.807) is 16.8 Å². The summed E-state index contributed by atoms with van der Waals surface area (Å²) in [5.74, 6) is 1.22. The number of fused-ring (bicyclic) bond motifs is 2. The van der Waals surface area contributed by atoms with E-state index in [-0.39, 0.29) is 23.3 Å². The summed E-state index contributed by atoms with van der Waals surface area (Å²) in [6, 6.07) is 10.7. The molecule has 1 atom stereocenters. The summed E-state index contributed by atoms with van der Waals surface area (Å²) < 4.78 is 3.10. The Morgan fingerprint density at radius 2 is 1.88 bits per heavy atom. The van der Waals surface area contributed by atoms with E-state index in [1.807, 2.05) is 35.2 Å². The number of rotatable bonds is 3. The van der Waals surface area contributed by atoms with Crippen molar-refractivity contribution in [2.45, 2.75) is 25.3 Å². The average molecular weight is 448 g/mol. The van der Waals surface area contributed by atoms with Crippen molar-refractivity contribution in [2.75, 3.05) is 17.2 Å². The van der Waals surface area contributed by atoms with E-state index in [2.05, 4.69) is 9.97 Å². The molecule has 3 aromatic heterocycles. The largest absolute Gasteiger partial charge is 0.368 e. The van der Waals surface area contributed by atoms with Crippen molar-refractivity contribution >= 4 is 34.7 Å². The molecule has 9 nitrogen and oxygen atoms in total. The predicted octanol–water partition coefficient (Wildman–Crippen LogP) is 2.59. The first-order valence-corrected chi connectivity index (χ1v) is 10.7. The minimum atomic E-state index is -0.264. The van der Waals surface area contributed by atoms with Crippen LogP contribution in [0, 0.1) is 0 Å². The molecule has 160 valence electrons. The van der Waals surface area contributed by atoms with Crippen molar-refractivity contribution in [1.29, 1.82) is 0 Å². The molecule has 1 aliphatic carbocycles. The number of hydrogen-bond acceptors (Lipinski definition) is 7. The molecule has 6 rings (SSSR count). The lowest BCUT2D eigenvalue weighted by atomic mass is 10.00. The third-order valence-corrected chi connectivity index (χ3v) is 6.42. The van der Waals surface area contributed by atoms with Gasteiger partial charge in [0.15, 0.2) is 11.6 Å². The lowest BCUT2D eigenvalue weighted by Gasteiger charge is -2.42. The number of benzene rings is 1. The summed E-state index contributed by atoms with van der Waals surface area (Å²) in [7, 11) is 0. The van der Waals surface area contributed by atoms with E-state index in [9.17, 15) is 9.59 Å². The zero-order valence-electron chi connectivity index (χ0n) is 16.9. The molecule has 1 aromatic carbocycles. The Morgan fingerprint density at radius 1 is 1.06 bits per heavy atom. The topological polar surface area (TPSA) is 111 Å². The fourth-order valence-corrected chi connectivity index (χ4v) is 4.77. The number of ketones is 1. The summed E-state index contributed by atoms with van der Waals surface area (Å²) in [5, 5.41) is 5.10.